The van der Waals surface area contributed by atoms with Gasteiger partial charge in [0, 0.05) is 42.8 Å². The quantitative estimate of drug-likeness (QED) is 0.818. The zero-order valence-corrected chi connectivity index (χ0v) is 10.7. The number of anilines is 2. The molecule has 0 unspecified atom stereocenters. The summed E-state index contributed by atoms with van der Waals surface area (Å²) >= 11 is 0. The number of nitrogens with zero attached hydrogens (tertiary/aromatic N) is 2. The Kier molecular flexibility index (Phi) is 4.18. The molecule has 0 aliphatic rings. The molecule has 0 saturated carbocycles. The molecule has 0 aliphatic carbocycles. The first kappa shape index (κ1) is 12.4. The summed E-state index contributed by atoms with van der Waals surface area (Å²) in [4.78, 5) is 6.67. The predicted molar refractivity (Wildman–Crippen MR) is 76.7 cm³/mol. The van der Waals surface area contributed by atoms with Crippen LogP contribution in [-0.4, -0.2) is 18.1 Å². The second kappa shape index (κ2) is 6.05. The summed E-state index contributed by atoms with van der Waals surface area (Å²) in [5.74, 6) is 0. The van der Waals surface area contributed by atoms with Gasteiger partial charge in [-0.25, -0.2) is 0 Å². The molecule has 2 rings (SSSR count). The van der Waals surface area contributed by atoms with E-state index in [9.17, 15) is 0 Å². The Morgan fingerprint density at radius 3 is 2.50 bits per heavy atom. The molecule has 1 heterocycles. The zero-order chi connectivity index (χ0) is 12.8. The van der Waals surface area contributed by atoms with Gasteiger partial charge in [-0.05, 0) is 43.3 Å². The highest BCUT2D eigenvalue weighted by atomic mass is 15.1. The SMILES string of the molecule is CCN(CCc1ccccn1)c1ccc(N)cc1. The molecule has 0 bridgehead atoms. The van der Waals surface area contributed by atoms with Gasteiger partial charge in [-0.1, -0.05) is 6.07 Å². The van der Waals surface area contributed by atoms with Crippen LogP contribution in [0.5, 0.6) is 0 Å². The van der Waals surface area contributed by atoms with Gasteiger partial charge in [-0.2, -0.15) is 0 Å². The Morgan fingerprint density at radius 2 is 1.89 bits per heavy atom. The standard InChI is InChI=1S/C15H19N3/c1-2-18(15-8-6-13(16)7-9-15)12-10-14-5-3-4-11-17-14/h3-9,11H,2,10,12,16H2,1H3. The average molecular weight is 241 g/mol. The Balaban J connectivity index is 1.99. The van der Waals surface area contributed by atoms with E-state index in [0.29, 0.717) is 0 Å². The van der Waals surface area contributed by atoms with E-state index in [-0.39, 0.29) is 0 Å². The van der Waals surface area contributed by atoms with Crippen LogP contribution in [0.2, 0.25) is 0 Å². The van der Waals surface area contributed by atoms with Crippen molar-refractivity contribution in [3.8, 4) is 0 Å². The van der Waals surface area contributed by atoms with Gasteiger partial charge in [-0.15, -0.1) is 0 Å². The number of likely N-dealkylation sites (N-methyl/N-ethyl adjacent to an activating group) is 1. The highest BCUT2D eigenvalue weighted by Gasteiger charge is 2.04. The van der Waals surface area contributed by atoms with Crippen LogP contribution in [-0.2, 0) is 6.42 Å². The van der Waals surface area contributed by atoms with Crippen LogP contribution in [0.3, 0.4) is 0 Å². The lowest BCUT2D eigenvalue weighted by Gasteiger charge is -2.23. The summed E-state index contributed by atoms with van der Waals surface area (Å²) < 4.78 is 0. The summed E-state index contributed by atoms with van der Waals surface area (Å²) in [6.07, 6.45) is 2.80. The minimum atomic E-state index is 0.805. The van der Waals surface area contributed by atoms with Crippen LogP contribution in [0.1, 0.15) is 12.6 Å². The first-order valence-corrected chi connectivity index (χ1v) is 6.30. The first-order chi connectivity index (χ1) is 8.79. The third kappa shape index (κ3) is 3.23. The van der Waals surface area contributed by atoms with Crippen molar-refractivity contribution in [2.45, 2.75) is 13.3 Å². The minimum absolute atomic E-state index is 0.805. The maximum atomic E-state index is 5.70. The monoisotopic (exact) mass is 241 g/mol. The highest BCUT2D eigenvalue weighted by molar-refractivity contribution is 5.53. The average Bonchev–Trinajstić information content (AvgIpc) is 2.42. The fourth-order valence-electron chi connectivity index (χ4n) is 1.95. The number of pyridine rings is 1. The van der Waals surface area contributed by atoms with Gasteiger partial charge >= 0.3 is 0 Å². The number of nitrogen functional groups attached to an aromatic ring is 1. The molecular formula is C15H19N3. The molecule has 1 aromatic carbocycles. The second-order valence-corrected chi connectivity index (χ2v) is 4.24. The minimum Gasteiger partial charge on any atom is -0.399 e. The Labute approximate surface area is 108 Å². The fourth-order valence-corrected chi connectivity index (χ4v) is 1.95. The molecular weight excluding hydrogens is 222 g/mol. The summed E-state index contributed by atoms with van der Waals surface area (Å²) in [5.41, 5.74) is 8.85. The van der Waals surface area contributed by atoms with E-state index in [2.05, 4.69) is 35.0 Å². The van der Waals surface area contributed by atoms with Crippen molar-refractivity contribution in [2.24, 2.45) is 0 Å². The van der Waals surface area contributed by atoms with E-state index in [0.717, 1.165) is 30.9 Å². The number of hydrogen-bond acceptors (Lipinski definition) is 3. The van der Waals surface area contributed by atoms with Gasteiger partial charge in [0.25, 0.3) is 0 Å². The van der Waals surface area contributed by atoms with Crippen molar-refractivity contribution < 1.29 is 0 Å². The fraction of sp³-hybridized carbons (Fsp3) is 0.267. The smallest absolute Gasteiger partial charge is 0.0421 e. The van der Waals surface area contributed by atoms with Crippen molar-refractivity contribution in [2.75, 3.05) is 23.7 Å². The highest BCUT2D eigenvalue weighted by Crippen LogP contribution is 2.16. The number of aromatic nitrogens is 1. The third-order valence-corrected chi connectivity index (χ3v) is 3.00. The lowest BCUT2D eigenvalue weighted by atomic mass is 10.2. The van der Waals surface area contributed by atoms with Crippen LogP contribution in [0.4, 0.5) is 11.4 Å². The van der Waals surface area contributed by atoms with E-state index < -0.39 is 0 Å². The lowest BCUT2D eigenvalue weighted by Crippen LogP contribution is -2.25. The summed E-state index contributed by atoms with van der Waals surface area (Å²) in [7, 11) is 0. The maximum Gasteiger partial charge on any atom is 0.0421 e. The van der Waals surface area contributed by atoms with Gasteiger partial charge in [0.05, 0.1) is 0 Å². The van der Waals surface area contributed by atoms with Crippen LogP contribution >= 0.6 is 0 Å². The van der Waals surface area contributed by atoms with Crippen molar-refractivity contribution in [3.63, 3.8) is 0 Å². The zero-order valence-electron chi connectivity index (χ0n) is 10.7. The van der Waals surface area contributed by atoms with Crippen LogP contribution in [0.25, 0.3) is 0 Å². The van der Waals surface area contributed by atoms with Crippen molar-refractivity contribution in [3.05, 3.63) is 54.4 Å². The van der Waals surface area contributed by atoms with Gasteiger partial charge in [-0.3, -0.25) is 4.98 Å². The molecule has 0 amide bonds. The van der Waals surface area contributed by atoms with Crippen molar-refractivity contribution in [1.29, 1.82) is 0 Å². The molecule has 0 spiro atoms. The second-order valence-electron chi connectivity index (χ2n) is 4.24. The van der Waals surface area contributed by atoms with Gasteiger partial charge in [0.15, 0.2) is 0 Å². The molecule has 3 heteroatoms. The van der Waals surface area contributed by atoms with E-state index >= 15 is 0 Å². The Bertz CT molecular complexity index is 465. The molecule has 0 aliphatic heterocycles. The van der Waals surface area contributed by atoms with E-state index in [1.165, 1.54) is 5.69 Å². The Hall–Kier alpha value is -2.03. The molecule has 18 heavy (non-hydrogen) atoms. The van der Waals surface area contributed by atoms with Crippen LogP contribution < -0.4 is 10.6 Å². The molecule has 2 aromatic rings. The van der Waals surface area contributed by atoms with E-state index in [4.69, 9.17) is 5.73 Å². The van der Waals surface area contributed by atoms with Crippen LogP contribution in [0.15, 0.2) is 48.7 Å². The number of benzene rings is 1. The van der Waals surface area contributed by atoms with Gasteiger partial charge < -0.3 is 10.6 Å². The normalized spacial score (nSPS) is 10.3. The molecule has 0 saturated heterocycles. The molecule has 1 aromatic heterocycles. The first-order valence-electron chi connectivity index (χ1n) is 6.30. The molecule has 0 fully saturated rings. The van der Waals surface area contributed by atoms with Gasteiger partial charge in [0.1, 0.15) is 0 Å². The van der Waals surface area contributed by atoms with E-state index in [1.807, 2.05) is 30.5 Å². The molecule has 3 nitrogen and oxygen atoms in total. The summed E-state index contributed by atoms with van der Waals surface area (Å²) in [5, 5.41) is 0. The van der Waals surface area contributed by atoms with E-state index in [1.54, 1.807) is 0 Å². The largest absolute Gasteiger partial charge is 0.399 e. The van der Waals surface area contributed by atoms with Crippen LogP contribution in [0, 0.1) is 0 Å². The van der Waals surface area contributed by atoms with Gasteiger partial charge in [0.2, 0.25) is 0 Å². The number of hydrogen-bond donors (Lipinski definition) is 1. The summed E-state index contributed by atoms with van der Waals surface area (Å²) in [6.45, 7) is 4.11. The Morgan fingerprint density at radius 1 is 1.11 bits per heavy atom. The molecule has 0 radical (unpaired) electrons. The van der Waals surface area contributed by atoms with Crippen molar-refractivity contribution in [1.82, 2.24) is 4.98 Å². The molecule has 0 atom stereocenters. The van der Waals surface area contributed by atoms with Crippen molar-refractivity contribution >= 4 is 11.4 Å². The molecule has 94 valence electrons. The lowest BCUT2D eigenvalue weighted by molar-refractivity contribution is 0.795. The predicted octanol–water partition coefficient (Wildman–Crippen LogP) is 2.73. The number of nitrogens with two attached hydrogens (primary N) is 1. The topological polar surface area (TPSA) is 42.2 Å². The molecule has 2 N–H and O–H groups in total. The third-order valence-electron chi connectivity index (χ3n) is 3.00. The number of rotatable bonds is 5. The maximum absolute atomic E-state index is 5.70. The summed E-state index contributed by atoms with van der Waals surface area (Å²) in [6, 6.07) is 14.1.